The minimum Gasteiger partial charge on any atom is -0.496 e. The second-order valence-corrected chi connectivity index (χ2v) is 4.53. The van der Waals surface area contributed by atoms with Crippen LogP contribution in [-0.4, -0.2) is 25.7 Å². The van der Waals surface area contributed by atoms with Gasteiger partial charge in [0, 0.05) is 11.3 Å². The fourth-order valence-electron chi connectivity index (χ4n) is 2.31. The maximum Gasteiger partial charge on any atom is 0.338 e. The third-order valence-corrected chi connectivity index (χ3v) is 3.21. The number of methoxy groups -OCH3 is 1. The summed E-state index contributed by atoms with van der Waals surface area (Å²) in [6.07, 6.45) is 0. The average Bonchev–Trinajstić information content (AvgIpc) is 2.46. The number of para-hydroxylation sites is 1. The number of hydrogen-bond donors (Lipinski definition) is 2. The van der Waals surface area contributed by atoms with Crippen LogP contribution in [0, 0.1) is 0 Å². The number of allylic oxidation sites excluding steroid dienone is 1. The SMILES string of the molecule is CCOC(=O)C1=C(C)NC(=O)N[C@@H]1c1ccccc1OC. The molecule has 0 radical (unpaired) electrons. The Kier molecular flexibility index (Phi) is 4.47. The monoisotopic (exact) mass is 290 g/mol. The molecule has 6 heteroatoms. The molecule has 0 aliphatic carbocycles. The fourth-order valence-corrected chi connectivity index (χ4v) is 2.31. The van der Waals surface area contributed by atoms with Crippen LogP contribution >= 0.6 is 0 Å². The highest BCUT2D eigenvalue weighted by Crippen LogP contribution is 2.33. The smallest absolute Gasteiger partial charge is 0.338 e. The molecule has 2 amide bonds. The van der Waals surface area contributed by atoms with Crippen molar-refractivity contribution in [1.29, 1.82) is 0 Å². The maximum absolute atomic E-state index is 12.2. The summed E-state index contributed by atoms with van der Waals surface area (Å²) in [6.45, 7) is 3.68. The normalized spacial score (nSPS) is 17.9. The summed E-state index contributed by atoms with van der Waals surface area (Å²) in [5, 5.41) is 5.33. The van der Waals surface area contributed by atoms with Crippen LogP contribution in [0.5, 0.6) is 5.75 Å². The number of benzene rings is 1. The van der Waals surface area contributed by atoms with Crippen molar-refractivity contribution in [3.05, 3.63) is 41.1 Å². The molecule has 0 fully saturated rings. The minimum atomic E-state index is -0.603. The summed E-state index contributed by atoms with van der Waals surface area (Å²) in [6, 6.07) is 6.27. The van der Waals surface area contributed by atoms with E-state index in [1.54, 1.807) is 27.0 Å². The molecule has 1 heterocycles. The molecule has 1 aromatic rings. The first kappa shape index (κ1) is 14.9. The van der Waals surface area contributed by atoms with E-state index < -0.39 is 12.0 Å². The van der Waals surface area contributed by atoms with Gasteiger partial charge in [0.05, 0.1) is 25.3 Å². The molecular formula is C15H18N2O4. The van der Waals surface area contributed by atoms with E-state index >= 15 is 0 Å². The van der Waals surface area contributed by atoms with E-state index in [0.29, 0.717) is 22.6 Å². The highest BCUT2D eigenvalue weighted by Gasteiger charge is 2.33. The molecule has 21 heavy (non-hydrogen) atoms. The minimum absolute atomic E-state index is 0.266. The zero-order valence-electron chi connectivity index (χ0n) is 12.2. The Morgan fingerprint density at radius 3 is 2.71 bits per heavy atom. The lowest BCUT2D eigenvalue weighted by Gasteiger charge is -2.28. The molecule has 0 unspecified atom stereocenters. The van der Waals surface area contributed by atoms with Crippen molar-refractivity contribution >= 4 is 12.0 Å². The summed E-state index contributed by atoms with van der Waals surface area (Å²) < 4.78 is 10.4. The summed E-state index contributed by atoms with van der Waals surface area (Å²) in [5.41, 5.74) is 1.56. The molecule has 0 saturated carbocycles. The van der Waals surface area contributed by atoms with Crippen molar-refractivity contribution in [1.82, 2.24) is 10.6 Å². The molecule has 0 bridgehead atoms. The van der Waals surface area contributed by atoms with Gasteiger partial charge in [-0.1, -0.05) is 18.2 Å². The maximum atomic E-state index is 12.2. The van der Waals surface area contributed by atoms with Crippen molar-refractivity contribution in [3.8, 4) is 5.75 Å². The third kappa shape index (κ3) is 2.99. The molecule has 6 nitrogen and oxygen atoms in total. The van der Waals surface area contributed by atoms with Crippen LogP contribution in [-0.2, 0) is 9.53 Å². The van der Waals surface area contributed by atoms with Crippen LogP contribution in [0.25, 0.3) is 0 Å². The Morgan fingerprint density at radius 2 is 2.05 bits per heavy atom. The number of esters is 1. The second-order valence-electron chi connectivity index (χ2n) is 4.53. The van der Waals surface area contributed by atoms with E-state index in [4.69, 9.17) is 9.47 Å². The summed E-state index contributed by atoms with van der Waals surface area (Å²) >= 11 is 0. The van der Waals surface area contributed by atoms with E-state index in [2.05, 4.69) is 10.6 Å². The van der Waals surface area contributed by atoms with E-state index in [1.807, 2.05) is 18.2 Å². The van der Waals surface area contributed by atoms with Gasteiger partial charge in [0.25, 0.3) is 0 Å². The molecule has 1 atom stereocenters. The lowest BCUT2D eigenvalue weighted by molar-refractivity contribution is -0.139. The number of amides is 2. The van der Waals surface area contributed by atoms with Crippen molar-refractivity contribution in [2.45, 2.75) is 19.9 Å². The standard InChI is InChI=1S/C15H18N2O4/c1-4-21-14(18)12-9(2)16-15(19)17-13(12)10-7-5-6-8-11(10)20-3/h5-8,13H,4H2,1-3H3,(H2,16,17,19)/t13-/m1/s1. The largest absolute Gasteiger partial charge is 0.496 e. The number of carbonyl (C=O) groups excluding carboxylic acids is 2. The molecule has 0 spiro atoms. The lowest BCUT2D eigenvalue weighted by Crippen LogP contribution is -2.45. The summed E-state index contributed by atoms with van der Waals surface area (Å²) in [7, 11) is 1.54. The molecule has 1 aromatic carbocycles. The number of hydrogen-bond acceptors (Lipinski definition) is 4. The number of rotatable bonds is 4. The van der Waals surface area contributed by atoms with Crippen LogP contribution in [0.4, 0.5) is 4.79 Å². The van der Waals surface area contributed by atoms with Crippen LogP contribution in [0.15, 0.2) is 35.5 Å². The van der Waals surface area contributed by atoms with Gasteiger partial charge in [-0.2, -0.15) is 0 Å². The number of carbonyl (C=O) groups is 2. The molecule has 2 rings (SSSR count). The Bertz CT molecular complexity index is 595. The lowest BCUT2D eigenvalue weighted by atomic mass is 9.95. The van der Waals surface area contributed by atoms with Gasteiger partial charge in [-0.3, -0.25) is 0 Å². The molecule has 112 valence electrons. The first-order valence-electron chi connectivity index (χ1n) is 6.66. The quantitative estimate of drug-likeness (QED) is 0.830. The van der Waals surface area contributed by atoms with E-state index in [9.17, 15) is 9.59 Å². The van der Waals surface area contributed by atoms with Crippen LogP contribution in [0.2, 0.25) is 0 Å². The van der Waals surface area contributed by atoms with Crippen LogP contribution < -0.4 is 15.4 Å². The molecule has 2 N–H and O–H groups in total. The molecule has 1 aliphatic heterocycles. The van der Waals surface area contributed by atoms with Crippen LogP contribution in [0.1, 0.15) is 25.5 Å². The topological polar surface area (TPSA) is 76.7 Å². The third-order valence-electron chi connectivity index (χ3n) is 3.21. The van der Waals surface area contributed by atoms with Gasteiger partial charge in [0.2, 0.25) is 0 Å². The number of urea groups is 1. The first-order chi connectivity index (χ1) is 10.1. The van der Waals surface area contributed by atoms with Gasteiger partial charge in [-0.25, -0.2) is 9.59 Å². The Labute approximate surface area is 123 Å². The fraction of sp³-hybridized carbons (Fsp3) is 0.333. The number of nitrogens with one attached hydrogen (secondary N) is 2. The van der Waals surface area contributed by atoms with Gasteiger partial charge >= 0.3 is 12.0 Å². The highest BCUT2D eigenvalue weighted by atomic mass is 16.5. The van der Waals surface area contributed by atoms with Crippen LogP contribution in [0.3, 0.4) is 0 Å². The van der Waals surface area contributed by atoms with Gasteiger partial charge in [-0.05, 0) is 19.9 Å². The van der Waals surface area contributed by atoms with Gasteiger partial charge in [-0.15, -0.1) is 0 Å². The molecule has 0 saturated heterocycles. The Hall–Kier alpha value is -2.50. The van der Waals surface area contributed by atoms with Crippen molar-refractivity contribution in [2.24, 2.45) is 0 Å². The highest BCUT2D eigenvalue weighted by molar-refractivity contribution is 5.95. The van der Waals surface area contributed by atoms with Crippen molar-refractivity contribution in [2.75, 3.05) is 13.7 Å². The Morgan fingerprint density at radius 1 is 1.33 bits per heavy atom. The van der Waals surface area contributed by atoms with E-state index in [-0.39, 0.29) is 12.6 Å². The predicted octanol–water partition coefficient (Wildman–Crippen LogP) is 1.89. The van der Waals surface area contributed by atoms with E-state index in [0.717, 1.165) is 0 Å². The Balaban J connectivity index is 2.50. The average molecular weight is 290 g/mol. The zero-order valence-corrected chi connectivity index (χ0v) is 12.2. The predicted molar refractivity (Wildman–Crippen MR) is 76.7 cm³/mol. The second kappa shape index (κ2) is 6.30. The van der Waals surface area contributed by atoms with Gasteiger partial charge in [0.1, 0.15) is 5.75 Å². The summed E-state index contributed by atoms with van der Waals surface area (Å²) in [5.74, 6) is 0.137. The van der Waals surface area contributed by atoms with Crippen molar-refractivity contribution < 1.29 is 19.1 Å². The molecular weight excluding hydrogens is 272 g/mol. The van der Waals surface area contributed by atoms with Crippen molar-refractivity contribution in [3.63, 3.8) is 0 Å². The molecule has 0 aromatic heterocycles. The van der Waals surface area contributed by atoms with Gasteiger partial charge < -0.3 is 20.1 Å². The molecule has 1 aliphatic rings. The first-order valence-corrected chi connectivity index (χ1v) is 6.66. The number of ether oxygens (including phenoxy) is 2. The van der Waals surface area contributed by atoms with E-state index in [1.165, 1.54) is 0 Å². The van der Waals surface area contributed by atoms with Gasteiger partial charge in [0.15, 0.2) is 0 Å². The zero-order chi connectivity index (χ0) is 15.4. The summed E-state index contributed by atoms with van der Waals surface area (Å²) in [4.78, 5) is 23.9.